The molecule has 0 spiro atoms. The van der Waals surface area contributed by atoms with E-state index in [1.807, 2.05) is 9.80 Å². The van der Waals surface area contributed by atoms with Crippen LogP contribution in [-0.2, 0) is 4.79 Å². The van der Waals surface area contributed by atoms with Crippen LogP contribution in [0.15, 0.2) is 0 Å². The van der Waals surface area contributed by atoms with Crippen molar-refractivity contribution < 1.29 is 4.79 Å². The van der Waals surface area contributed by atoms with Gasteiger partial charge in [-0.05, 0) is 12.3 Å². The second-order valence-corrected chi connectivity index (χ2v) is 4.30. The lowest BCUT2D eigenvalue weighted by Crippen LogP contribution is -2.52. The van der Waals surface area contributed by atoms with Gasteiger partial charge in [0.1, 0.15) is 0 Å². The van der Waals surface area contributed by atoms with Gasteiger partial charge in [-0.25, -0.2) is 0 Å². The van der Waals surface area contributed by atoms with E-state index in [4.69, 9.17) is 5.73 Å². The molecular formula is C10H21N3O. The second-order valence-electron chi connectivity index (χ2n) is 4.30. The summed E-state index contributed by atoms with van der Waals surface area (Å²) in [5.74, 6) is 0.887. The van der Waals surface area contributed by atoms with Gasteiger partial charge in [0.05, 0.1) is 6.54 Å². The first-order chi connectivity index (χ1) is 6.63. The highest BCUT2D eigenvalue weighted by Crippen LogP contribution is 2.06. The molecule has 1 saturated heterocycles. The highest BCUT2D eigenvalue weighted by Gasteiger charge is 2.22. The number of hydrogen-bond acceptors (Lipinski definition) is 3. The Balaban J connectivity index is 2.31. The molecule has 1 fully saturated rings. The molecule has 4 heteroatoms. The Bertz CT molecular complexity index is 194. The fourth-order valence-electron chi connectivity index (χ4n) is 1.56. The smallest absolute Gasteiger partial charge is 0.236 e. The summed E-state index contributed by atoms with van der Waals surface area (Å²) in [7, 11) is 0. The SMILES string of the molecule is CC(C)CCN1CCN(CN)CC1=O. The van der Waals surface area contributed by atoms with Crippen molar-refractivity contribution in [3.8, 4) is 0 Å². The molecule has 0 bridgehead atoms. The van der Waals surface area contributed by atoms with Crippen LogP contribution in [0.1, 0.15) is 20.3 Å². The van der Waals surface area contributed by atoms with Crippen LogP contribution in [0.4, 0.5) is 0 Å². The van der Waals surface area contributed by atoms with Crippen LogP contribution in [0.5, 0.6) is 0 Å². The van der Waals surface area contributed by atoms with Crippen molar-refractivity contribution in [1.29, 1.82) is 0 Å². The van der Waals surface area contributed by atoms with Gasteiger partial charge in [-0.15, -0.1) is 0 Å². The van der Waals surface area contributed by atoms with E-state index in [-0.39, 0.29) is 5.91 Å². The highest BCUT2D eigenvalue weighted by molar-refractivity contribution is 5.78. The molecule has 0 aromatic heterocycles. The molecule has 2 N–H and O–H groups in total. The van der Waals surface area contributed by atoms with Crippen molar-refractivity contribution in [2.24, 2.45) is 11.7 Å². The van der Waals surface area contributed by atoms with Crippen molar-refractivity contribution in [3.05, 3.63) is 0 Å². The standard InChI is InChI=1S/C10H21N3O/c1-9(2)3-4-13-6-5-12(8-11)7-10(13)14/h9H,3-8,11H2,1-2H3. The third-order valence-corrected chi connectivity index (χ3v) is 2.63. The number of amides is 1. The van der Waals surface area contributed by atoms with Gasteiger partial charge >= 0.3 is 0 Å². The van der Waals surface area contributed by atoms with Gasteiger partial charge in [-0.2, -0.15) is 0 Å². The predicted molar refractivity (Wildman–Crippen MR) is 56.7 cm³/mol. The Morgan fingerprint density at radius 3 is 2.64 bits per heavy atom. The number of nitrogens with zero attached hydrogens (tertiary/aromatic N) is 2. The monoisotopic (exact) mass is 199 g/mol. The lowest BCUT2D eigenvalue weighted by atomic mass is 10.1. The van der Waals surface area contributed by atoms with Crippen molar-refractivity contribution in [3.63, 3.8) is 0 Å². The van der Waals surface area contributed by atoms with Crippen LogP contribution in [0.3, 0.4) is 0 Å². The van der Waals surface area contributed by atoms with E-state index in [0.717, 1.165) is 26.1 Å². The van der Waals surface area contributed by atoms with Gasteiger partial charge < -0.3 is 10.6 Å². The van der Waals surface area contributed by atoms with E-state index in [2.05, 4.69) is 13.8 Å². The van der Waals surface area contributed by atoms with Crippen LogP contribution >= 0.6 is 0 Å². The van der Waals surface area contributed by atoms with E-state index in [9.17, 15) is 4.79 Å². The molecule has 0 aromatic rings. The predicted octanol–water partition coefficient (Wildman–Crippen LogP) is 0.0929. The lowest BCUT2D eigenvalue weighted by Gasteiger charge is -2.33. The van der Waals surface area contributed by atoms with Crippen molar-refractivity contribution in [2.75, 3.05) is 32.8 Å². The first kappa shape index (κ1) is 11.5. The lowest BCUT2D eigenvalue weighted by molar-refractivity contribution is -0.136. The molecule has 0 unspecified atom stereocenters. The Morgan fingerprint density at radius 1 is 1.43 bits per heavy atom. The quantitative estimate of drug-likeness (QED) is 0.698. The maximum atomic E-state index is 11.6. The van der Waals surface area contributed by atoms with Gasteiger partial charge in [-0.3, -0.25) is 9.69 Å². The van der Waals surface area contributed by atoms with Crippen LogP contribution in [0.2, 0.25) is 0 Å². The molecule has 1 aliphatic heterocycles. The number of carbonyl (C=O) groups is 1. The van der Waals surface area contributed by atoms with Gasteiger partial charge in [0, 0.05) is 26.3 Å². The number of piperazine rings is 1. The molecule has 14 heavy (non-hydrogen) atoms. The van der Waals surface area contributed by atoms with Gasteiger partial charge in [0.2, 0.25) is 5.91 Å². The van der Waals surface area contributed by atoms with Crippen LogP contribution < -0.4 is 5.73 Å². The van der Waals surface area contributed by atoms with E-state index in [0.29, 0.717) is 19.1 Å². The molecule has 0 aromatic carbocycles. The van der Waals surface area contributed by atoms with Crippen LogP contribution in [-0.4, -0.2) is 48.6 Å². The minimum absolute atomic E-state index is 0.224. The minimum atomic E-state index is 0.224. The fourth-order valence-corrected chi connectivity index (χ4v) is 1.56. The zero-order valence-corrected chi connectivity index (χ0v) is 9.20. The third-order valence-electron chi connectivity index (χ3n) is 2.63. The first-order valence-electron chi connectivity index (χ1n) is 5.33. The van der Waals surface area contributed by atoms with Crippen molar-refractivity contribution >= 4 is 5.91 Å². The molecule has 0 atom stereocenters. The molecule has 1 aliphatic rings. The molecule has 4 nitrogen and oxygen atoms in total. The summed E-state index contributed by atoms with van der Waals surface area (Å²) in [4.78, 5) is 15.5. The van der Waals surface area contributed by atoms with Crippen LogP contribution in [0, 0.1) is 5.92 Å². The summed E-state index contributed by atoms with van der Waals surface area (Å²) >= 11 is 0. The minimum Gasteiger partial charge on any atom is -0.340 e. The van der Waals surface area contributed by atoms with Crippen LogP contribution in [0.25, 0.3) is 0 Å². The second kappa shape index (κ2) is 5.32. The first-order valence-corrected chi connectivity index (χ1v) is 5.33. The molecule has 0 aliphatic carbocycles. The zero-order valence-electron chi connectivity index (χ0n) is 9.20. The number of rotatable bonds is 4. The number of carbonyl (C=O) groups excluding carboxylic acids is 1. The molecule has 1 heterocycles. The fraction of sp³-hybridized carbons (Fsp3) is 0.900. The summed E-state index contributed by atoms with van der Waals surface area (Å²) in [6.07, 6.45) is 1.09. The maximum absolute atomic E-state index is 11.6. The average molecular weight is 199 g/mol. The normalized spacial score (nSPS) is 19.4. The van der Waals surface area contributed by atoms with E-state index in [1.54, 1.807) is 0 Å². The Kier molecular flexibility index (Phi) is 4.35. The largest absolute Gasteiger partial charge is 0.340 e. The molecule has 82 valence electrons. The topological polar surface area (TPSA) is 49.6 Å². The van der Waals surface area contributed by atoms with Gasteiger partial charge in [0.25, 0.3) is 0 Å². The summed E-state index contributed by atoms with van der Waals surface area (Å²) in [6.45, 7) is 8.00. The zero-order chi connectivity index (χ0) is 10.6. The average Bonchev–Trinajstić information content (AvgIpc) is 2.15. The molecule has 0 saturated carbocycles. The number of nitrogens with two attached hydrogens (primary N) is 1. The molecule has 1 amide bonds. The number of hydrogen-bond donors (Lipinski definition) is 1. The molecular weight excluding hydrogens is 178 g/mol. The van der Waals surface area contributed by atoms with Crippen molar-refractivity contribution in [2.45, 2.75) is 20.3 Å². The highest BCUT2D eigenvalue weighted by atomic mass is 16.2. The third kappa shape index (κ3) is 3.27. The van der Waals surface area contributed by atoms with Gasteiger partial charge in [-0.1, -0.05) is 13.8 Å². The summed E-state index contributed by atoms with van der Waals surface area (Å²) < 4.78 is 0. The van der Waals surface area contributed by atoms with Gasteiger partial charge in [0.15, 0.2) is 0 Å². The van der Waals surface area contributed by atoms with E-state index < -0.39 is 0 Å². The summed E-state index contributed by atoms with van der Waals surface area (Å²) in [6, 6.07) is 0. The molecule has 1 rings (SSSR count). The Morgan fingerprint density at radius 2 is 2.14 bits per heavy atom. The van der Waals surface area contributed by atoms with Crippen molar-refractivity contribution in [1.82, 2.24) is 9.80 Å². The van der Waals surface area contributed by atoms with E-state index in [1.165, 1.54) is 0 Å². The molecule has 0 radical (unpaired) electrons. The Hall–Kier alpha value is -0.610. The Labute approximate surface area is 86.0 Å². The van der Waals surface area contributed by atoms with E-state index >= 15 is 0 Å². The summed E-state index contributed by atoms with van der Waals surface area (Å²) in [5, 5.41) is 0. The maximum Gasteiger partial charge on any atom is 0.236 e. The summed E-state index contributed by atoms with van der Waals surface area (Å²) in [5.41, 5.74) is 5.49.